The minimum atomic E-state index is -5.13. The summed E-state index contributed by atoms with van der Waals surface area (Å²) in [5.74, 6) is 0. The largest absolute Gasteiger partial charge is 1.00 e. The minimum Gasteiger partial charge on any atom is -0.724 e. The van der Waals surface area contributed by atoms with Crippen molar-refractivity contribution in [2.75, 3.05) is 6.54 Å². The Kier molecular flexibility index (Phi) is 5.67. The number of halogens is 3. The fourth-order valence-corrected chi connectivity index (χ4v) is 3.32. The summed E-state index contributed by atoms with van der Waals surface area (Å²) in [5, 5.41) is -0.786. The maximum absolute atomic E-state index is 12.3. The van der Waals surface area contributed by atoms with Crippen molar-refractivity contribution < 1.29 is 64.8 Å². The Hall–Kier alpha value is 0.280. The molecule has 0 unspecified atom stereocenters. The van der Waals surface area contributed by atoms with Gasteiger partial charge in [-0.3, -0.25) is 0 Å². The molecule has 2 bridgehead atoms. The summed E-state index contributed by atoms with van der Waals surface area (Å²) in [6.07, 6.45) is 0.171. The minimum absolute atomic E-state index is 0. The third-order valence-electron chi connectivity index (χ3n) is 2.71. The summed E-state index contributed by atoms with van der Waals surface area (Å²) in [5.41, 5.74) is -4.50. The van der Waals surface area contributed by atoms with E-state index in [2.05, 4.69) is 4.28 Å². The first-order valence-corrected chi connectivity index (χ1v) is 7.28. The van der Waals surface area contributed by atoms with Crippen molar-refractivity contribution in [1.82, 2.24) is 9.96 Å². The summed E-state index contributed by atoms with van der Waals surface area (Å²) in [6.45, 7) is -0.0951. The molecule has 2 aliphatic rings. The molecule has 2 aliphatic heterocycles. The van der Waals surface area contributed by atoms with Crippen LogP contribution in [0.1, 0.15) is 12.8 Å². The van der Waals surface area contributed by atoms with Gasteiger partial charge in [-0.2, -0.15) is 22.5 Å². The number of carbonyl (C=O) groups excluding carboxylic acids is 1. The SMILES string of the molecule is O=C1N2C[C@@H](CC[C@H]2SC(F)(F)F)N1OS(=O)(=O)[O-].[Na+]. The van der Waals surface area contributed by atoms with Crippen LogP contribution in [0.4, 0.5) is 18.0 Å². The molecule has 0 aromatic heterocycles. The zero-order valence-electron chi connectivity index (χ0n) is 10.2. The zero-order valence-corrected chi connectivity index (χ0v) is 13.8. The van der Waals surface area contributed by atoms with Crippen LogP contribution in [0.15, 0.2) is 0 Å². The third kappa shape index (κ3) is 4.39. The van der Waals surface area contributed by atoms with Gasteiger partial charge in [-0.15, -0.1) is 0 Å². The second-order valence-corrected chi connectivity index (χ2v) is 6.20. The standard InChI is InChI=1S/C7H9F3N2O5S2.Na/c8-7(9,10)18-5-2-1-4-3-11(5)6(13)12(4)17-19(14,15)16;/h4-5H,1-3H2,(H,14,15,16);/q;+1/p-1/t4-,5-;/m1./s1. The fraction of sp³-hybridized carbons (Fsp3) is 0.857. The van der Waals surface area contributed by atoms with Gasteiger partial charge in [0.05, 0.1) is 11.4 Å². The predicted molar refractivity (Wildman–Crippen MR) is 55.2 cm³/mol. The van der Waals surface area contributed by atoms with Crippen LogP contribution in [0.5, 0.6) is 0 Å². The molecular weight excluding hydrogens is 336 g/mol. The molecule has 0 N–H and O–H groups in total. The molecule has 20 heavy (non-hydrogen) atoms. The number of alkyl halides is 3. The molecule has 0 aromatic carbocycles. The average Bonchev–Trinajstić information content (AvgIpc) is 2.44. The third-order valence-corrected chi connectivity index (χ3v) is 4.08. The molecule has 2 atom stereocenters. The number of piperidine rings is 1. The van der Waals surface area contributed by atoms with E-state index in [4.69, 9.17) is 0 Å². The zero-order chi connectivity index (χ0) is 14.4. The molecule has 2 amide bonds. The molecule has 0 saturated carbocycles. The van der Waals surface area contributed by atoms with Crippen molar-refractivity contribution in [1.29, 1.82) is 0 Å². The van der Waals surface area contributed by atoms with E-state index in [-0.39, 0.29) is 60.7 Å². The first-order valence-electron chi connectivity index (χ1n) is 5.06. The van der Waals surface area contributed by atoms with Gasteiger partial charge in [0.1, 0.15) is 0 Å². The molecular formula is C7H8F3N2NaO5S2. The van der Waals surface area contributed by atoms with E-state index in [1.54, 1.807) is 0 Å². The quantitative estimate of drug-likeness (QED) is 0.330. The molecule has 0 radical (unpaired) electrons. The number of carbonyl (C=O) groups is 1. The van der Waals surface area contributed by atoms with Gasteiger partial charge in [-0.25, -0.2) is 13.2 Å². The van der Waals surface area contributed by atoms with Crippen LogP contribution in [-0.2, 0) is 14.7 Å². The Morgan fingerprint density at radius 1 is 1.35 bits per heavy atom. The van der Waals surface area contributed by atoms with Crippen molar-refractivity contribution in [3.63, 3.8) is 0 Å². The molecule has 2 heterocycles. The Morgan fingerprint density at radius 3 is 2.45 bits per heavy atom. The maximum atomic E-state index is 12.3. The van der Waals surface area contributed by atoms with Gasteiger partial charge in [0, 0.05) is 6.54 Å². The second kappa shape index (κ2) is 6.18. The van der Waals surface area contributed by atoms with Gasteiger partial charge in [0.25, 0.3) is 0 Å². The van der Waals surface area contributed by atoms with Crippen molar-refractivity contribution in [2.24, 2.45) is 0 Å². The molecule has 13 heteroatoms. The van der Waals surface area contributed by atoms with Gasteiger partial charge >= 0.3 is 41.1 Å². The number of nitrogens with zero attached hydrogens (tertiary/aromatic N) is 2. The smallest absolute Gasteiger partial charge is 0.724 e. The number of fused-ring (bicyclic) bond motifs is 2. The monoisotopic (exact) mass is 344 g/mol. The van der Waals surface area contributed by atoms with Crippen LogP contribution in [0.2, 0.25) is 0 Å². The summed E-state index contributed by atoms with van der Waals surface area (Å²) in [4.78, 5) is 12.6. The summed E-state index contributed by atoms with van der Waals surface area (Å²) in [7, 11) is -5.13. The van der Waals surface area contributed by atoms with Crippen LogP contribution < -0.4 is 29.6 Å². The normalized spacial score (nSPS) is 26.7. The van der Waals surface area contributed by atoms with Crippen molar-refractivity contribution in [3.05, 3.63) is 0 Å². The van der Waals surface area contributed by atoms with E-state index >= 15 is 0 Å². The van der Waals surface area contributed by atoms with E-state index < -0.39 is 33.4 Å². The molecule has 0 aliphatic carbocycles. The number of thioether (sulfide) groups is 1. The van der Waals surface area contributed by atoms with Crippen molar-refractivity contribution in [2.45, 2.75) is 29.8 Å². The topological polar surface area (TPSA) is 90.0 Å². The van der Waals surface area contributed by atoms with Gasteiger partial charge in [-0.1, -0.05) is 0 Å². The molecule has 0 spiro atoms. The summed E-state index contributed by atoms with van der Waals surface area (Å²) >= 11 is -0.344. The van der Waals surface area contributed by atoms with Gasteiger partial charge < -0.3 is 9.45 Å². The Balaban J connectivity index is 0.00000200. The predicted octanol–water partition coefficient (Wildman–Crippen LogP) is -2.14. The molecule has 0 aromatic rings. The number of amides is 2. The maximum Gasteiger partial charge on any atom is 1.00 e. The van der Waals surface area contributed by atoms with E-state index in [0.717, 1.165) is 4.90 Å². The number of hydrogen-bond donors (Lipinski definition) is 0. The van der Waals surface area contributed by atoms with Gasteiger partial charge in [0.2, 0.25) is 10.4 Å². The first-order chi connectivity index (χ1) is 8.57. The molecule has 2 saturated heterocycles. The molecule has 2 rings (SSSR count). The van der Waals surface area contributed by atoms with E-state index in [1.165, 1.54) is 0 Å². The molecule has 7 nitrogen and oxygen atoms in total. The second-order valence-electron chi connectivity index (χ2n) is 3.99. The molecule has 2 fully saturated rings. The number of hydroxylamine groups is 2. The number of rotatable bonds is 3. The Labute approximate surface area is 139 Å². The Bertz CT molecular complexity index is 487. The molecule has 110 valence electrons. The summed E-state index contributed by atoms with van der Waals surface area (Å²) in [6, 6.07) is -1.76. The van der Waals surface area contributed by atoms with Gasteiger partial charge in [-0.05, 0) is 24.6 Å². The van der Waals surface area contributed by atoms with Crippen LogP contribution in [0.25, 0.3) is 0 Å². The first kappa shape index (κ1) is 18.3. The van der Waals surface area contributed by atoms with Crippen LogP contribution in [-0.4, -0.2) is 52.4 Å². The fourth-order valence-electron chi connectivity index (χ4n) is 2.07. The van der Waals surface area contributed by atoms with E-state index in [0.29, 0.717) is 5.06 Å². The van der Waals surface area contributed by atoms with Gasteiger partial charge in [0.15, 0.2) is 0 Å². The van der Waals surface area contributed by atoms with Crippen LogP contribution >= 0.6 is 11.8 Å². The van der Waals surface area contributed by atoms with E-state index in [9.17, 15) is 30.9 Å². The Morgan fingerprint density at radius 2 is 1.95 bits per heavy atom. The summed E-state index contributed by atoms with van der Waals surface area (Å²) < 4.78 is 72.2. The van der Waals surface area contributed by atoms with Crippen molar-refractivity contribution >= 4 is 28.2 Å². The van der Waals surface area contributed by atoms with Crippen LogP contribution in [0.3, 0.4) is 0 Å². The average molecular weight is 344 g/mol. The van der Waals surface area contributed by atoms with Crippen molar-refractivity contribution in [3.8, 4) is 0 Å². The number of hydrogen-bond acceptors (Lipinski definition) is 6. The van der Waals surface area contributed by atoms with Crippen LogP contribution in [0, 0.1) is 0 Å². The van der Waals surface area contributed by atoms with E-state index in [1.807, 2.05) is 0 Å². The number of urea groups is 1.